The first-order chi connectivity index (χ1) is 10.1. The Balaban J connectivity index is 2.55. The first-order valence-electron chi connectivity index (χ1n) is 7.00. The van der Waals surface area contributed by atoms with Crippen LogP contribution < -0.4 is 0 Å². The second-order valence-corrected chi connectivity index (χ2v) is 4.69. The zero-order valence-corrected chi connectivity index (χ0v) is 12.4. The Bertz CT molecular complexity index is 511. The lowest BCUT2D eigenvalue weighted by Crippen LogP contribution is -2.07. The number of aromatic nitrogens is 1. The number of ether oxygens (including phenoxy) is 1. The van der Waals surface area contributed by atoms with Crippen molar-refractivity contribution in [2.24, 2.45) is 0 Å². The highest BCUT2D eigenvalue weighted by Crippen LogP contribution is 2.07. The van der Waals surface area contributed by atoms with Gasteiger partial charge in [0.1, 0.15) is 11.5 Å². The van der Waals surface area contributed by atoms with E-state index in [1.807, 2.05) is 6.92 Å². The molecule has 1 rings (SSSR count). The van der Waals surface area contributed by atoms with Crippen LogP contribution in [0.1, 0.15) is 48.8 Å². The van der Waals surface area contributed by atoms with E-state index in [0.29, 0.717) is 25.0 Å². The highest BCUT2D eigenvalue weighted by Gasteiger charge is 2.07. The van der Waals surface area contributed by atoms with E-state index >= 15 is 0 Å². The van der Waals surface area contributed by atoms with Gasteiger partial charge in [0, 0.05) is 12.8 Å². The first kappa shape index (κ1) is 17.0. The summed E-state index contributed by atoms with van der Waals surface area (Å²) in [6.07, 6.45) is 4.65. The summed E-state index contributed by atoms with van der Waals surface area (Å²) in [4.78, 5) is 26.8. The lowest BCUT2D eigenvalue weighted by molar-refractivity contribution is -0.119. The molecule has 0 aliphatic heterocycles. The quantitative estimate of drug-likeness (QED) is 0.744. The van der Waals surface area contributed by atoms with Gasteiger partial charge in [-0.2, -0.15) is 0 Å². The summed E-state index contributed by atoms with van der Waals surface area (Å²) in [5.41, 5.74) is 0.768. The molecule has 1 unspecified atom stereocenters. The molecule has 0 amide bonds. The van der Waals surface area contributed by atoms with Crippen molar-refractivity contribution in [3.8, 4) is 0 Å². The molecule has 1 aromatic heterocycles. The minimum absolute atomic E-state index is 0.163. The highest BCUT2D eigenvalue weighted by atomic mass is 16.5. The van der Waals surface area contributed by atoms with Gasteiger partial charge in [0.05, 0.1) is 18.9 Å². The Hall–Kier alpha value is -2.01. The second kappa shape index (κ2) is 9.02. The van der Waals surface area contributed by atoms with E-state index in [0.717, 1.165) is 6.42 Å². The third-order valence-corrected chi connectivity index (χ3v) is 2.90. The number of hydrogen-bond donors (Lipinski definition) is 1. The van der Waals surface area contributed by atoms with Crippen LogP contribution in [0.25, 0.3) is 6.08 Å². The normalized spacial score (nSPS) is 12.3. The molecule has 0 aromatic carbocycles. The summed E-state index contributed by atoms with van der Waals surface area (Å²) < 4.78 is 4.59. The predicted octanol–water partition coefficient (Wildman–Crippen LogP) is 2.39. The predicted molar refractivity (Wildman–Crippen MR) is 79.8 cm³/mol. The maximum absolute atomic E-state index is 11.4. The first-order valence-corrected chi connectivity index (χ1v) is 7.00. The fraction of sp³-hybridized carbons (Fsp3) is 0.438. The number of rotatable bonds is 8. The molecule has 5 heteroatoms. The molecule has 5 nitrogen and oxygen atoms in total. The standard InChI is InChI=1S/C16H21NO4/c1-3-5-13(18)10-11-14(19)9-8-12-6-4-7-15(17-12)16(20)21-2/h4,6-9,14,19H,3,5,10-11H2,1-2H3/b9-8+. The molecule has 0 bridgehead atoms. The van der Waals surface area contributed by atoms with Crippen LogP contribution in [0.3, 0.4) is 0 Å². The lowest BCUT2D eigenvalue weighted by Gasteiger charge is -2.04. The van der Waals surface area contributed by atoms with Crippen LogP contribution in [-0.2, 0) is 9.53 Å². The van der Waals surface area contributed by atoms with Crippen molar-refractivity contribution in [3.05, 3.63) is 35.7 Å². The molecule has 114 valence electrons. The number of ketones is 1. The molecule has 1 atom stereocenters. The molecule has 0 aliphatic rings. The maximum atomic E-state index is 11.4. The monoisotopic (exact) mass is 291 g/mol. The number of carbonyl (C=O) groups excluding carboxylic acids is 2. The van der Waals surface area contributed by atoms with Crippen LogP contribution in [-0.4, -0.2) is 35.1 Å². The number of carbonyl (C=O) groups is 2. The van der Waals surface area contributed by atoms with Gasteiger partial charge in [-0.25, -0.2) is 9.78 Å². The van der Waals surface area contributed by atoms with E-state index < -0.39 is 12.1 Å². The maximum Gasteiger partial charge on any atom is 0.356 e. The number of pyridine rings is 1. The minimum atomic E-state index is -0.700. The van der Waals surface area contributed by atoms with Crippen LogP contribution in [0.4, 0.5) is 0 Å². The molecule has 1 aromatic rings. The topological polar surface area (TPSA) is 76.5 Å². The average molecular weight is 291 g/mol. The van der Waals surface area contributed by atoms with Crippen molar-refractivity contribution in [3.63, 3.8) is 0 Å². The third-order valence-electron chi connectivity index (χ3n) is 2.90. The van der Waals surface area contributed by atoms with E-state index in [-0.39, 0.29) is 11.5 Å². The fourth-order valence-corrected chi connectivity index (χ4v) is 1.78. The number of aliphatic hydroxyl groups excluding tert-OH is 1. The number of aliphatic hydroxyl groups is 1. The van der Waals surface area contributed by atoms with Gasteiger partial charge in [-0.15, -0.1) is 0 Å². The van der Waals surface area contributed by atoms with Crippen LogP contribution in [0.2, 0.25) is 0 Å². The summed E-state index contributed by atoms with van der Waals surface area (Å²) in [6.45, 7) is 1.95. The van der Waals surface area contributed by atoms with E-state index in [1.54, 1.807) is 30.4 Å². The molecular formula is C16H21NO4. The van der Waals surface area contributed by atoms with E-state index in [9.17, 15) is 14.7 Å². The molecule has 1 N–H and O–H groups in total. The molecule has 21 heavy (non-hydrogen) atoms. The van der Waals surface area contributed by atoms with Crippen molar-refractivity contribution >= 4 is 17.8 Å². The number of Topliss-reactive ketones (excluding diaryl/α,β-unsaturated/α-hetero) is 1. The molecule has 0 radical (unpaired) electrons. The number of methoxy groups -OCH3 is 1. The second-order valence-electron chi connectivity index (χ2n) is 4.69. The minimum Gasteiger partial charge on any atom is -0.464 e. The van der Waals surface area contributed by atoms with E-state index in [1.165, 1.54) is 7.11 Å². The van der Waals surface area contributed by atoms with E-state index in [4.69, 9.17) is 0 Å². The van der Waals surface area contributed by atoms with Crippen LogP contribution in [0.5, 0.6) is 0 Å². The number of nitrogens with zero attached hydrogens (tertiary/aromatic N) is 1. The average Bonchev–Trinajstić information content (AvgIpc) is 2.50. The van der Waals surface area contributed by atoms with Crippen LogP contribution >= 0.6 is 0 Å². The van der Waals surface area contributed by atoms with Gasteiger partial charge in [0.2, 0.25) is 0 Å². The zero-order chi connectivity index (χ0) is 15.7. The summed E-state index contributed by atoms with van der Waals surface area (Å²) in [5, 5.41) is 9.79. The van der Waals surface area contributed by atoms with Gasteiger partial charge in [-0.05, 0) is 31.1 Å². The zero-order valence-electron chi connectivity index (χ0n) is 12.4. The van der Waals surface area contributed by atoms with Crippen molar-refractivity contribution in [2.75, 3.05) is 7.11 Å². The number of esters is 1. The van der Waals surface area contributed by atoms with Crippen LogP contribution in [0.15, 0.2) is 24.3 Å². The Labute approximate surface area is 124 Å². The van der Waals surface area contributed by atoms with Gasteiger partial charge in [0.25, 0.3) is 0 Å². The molecule has 0 fully saturated rings. The molecule has 0 spiro atoms. The van der Waals surface area contributed by atoms with Crippen molar-refractivity contribution in [1.82, 2.24) is 4.98 Å². The Kier molecular flexibility index (Phi) is 7.32. The Morgan fingerprint density at radius 1 is 1.38 bits per heavy atom. The molecule has 0 saturated heterocycles. The molecular weight excluding hydrogens is 270 g/mol. The van der Waals surface area contributed by atoms with Gasteiger partial charge >= 0.3 is 5.97 Å². The fourth-order valence-electron chi connectivity index (χ4n) is 1.78. The smallest absolute Gasteiger partial charge is 0.356 e. The van der Waals surface area contributed by atoms with Crippen molar-refractivity contribution in [2.45, 2.75) is 38.7 Å². The summed E-state index contributed by atoms with van der Waals surface area (Å²) in [5.74, 6) is -0.341. The van der Waals surface area contributed by atoms with Crippen molar-refractivity contribution in [1.29, 1.82) is 0 Å². The molecule has 0 saturated carbocycles. The van der Waals surface area contributed by atoms with Gasteiger partial charge in [-0.1, -0.05) is 19.1 Å². The van der Waals surface area contributed by atoms with E-state index in [2.05, 4.69) is 9.72 Å². The molecule has 0 aliphatic carbocycles. The Morgan fingerprint density at radius 2 is 2.14 bits per heavy atom. The van der Waals surface area contributed by atoms with Crippen LogP contribution in [0, 0.1) is 0 Å². The largest absolute Gasteiger partial charge is 0.464 e. The number of hydrogen-bond acceptors (Lipinski definition) is 5. The summed E-state index contributed by atoms with van der Waals surface area (Å²) >= 11 is 0. The summed E-state index contributed by atoms with van der Waals surface area (Å²) in [7, 11) is 1.30. The summed E-state index contributed by atoms with van der Waals surface area (Å²) in [6, 6.07) is 4.97. The van der Waals surface area contributed by atoms with Gasteiger partial charge in [-0.3, -0.25) is 4.79 Å². The Morgan fingerprint density at radius 3 is 2.81 bits per heavy atom. The SMILES string of the molecule is CCCC(=O)CCC(O)/C=C/c1cccc(C(=O)OC)n1. The van der Waals surface area contributed by atoms with Gasteiger partial charge < -0.3 is 9.84 Å². The third kappa shape index (κ3) is 6.31. The van der Waals surface area contributed by atoms with Crippen molar-refractivity contribution < 1.29 is 19.4 Å². The lowest BCUT2D eigenvalue weighted by atomic mass is 10.1. The molecule has 1 heterocycles. The van der Waals surface area contributed by atoms with Gasteiger partial charge in [0.15, 0.2) is 0 Å². The highest BCUT2D eigenvalue weighted by molar-refractivity contribution is 5.87.